The molecular formula is C17H24ClN3O4. The summed E-state index contributed by atoms with van der Waals surface area (Å²) in [5, 5.41) is 5.34. The third kappa shape index (κ3) is 9.56. The molecule has 1 rings (SSSR count). The van der Waals surface area contributed by atoms with Gasteiger partial charge in [-0.15, -0.1) is 0 Å². The second-order valence-electron chi connectivity index (χ2n) is 7.19. The molecule has 0 radical (unpaired) electrons. The number of amides is 2. The number of ether oxygens (including phenoxy) is 2. The topological polar surface area (TPSA) is 89.0 Å². The molecule has 0 bridgehead atoms. The summed E-state index contributed by atoms with van der Waals surface area (Å²) in [6.45, 7) is 10.4. The molecule has 0 spiro atoms. The van der Waals surface area contributed by atoms with E-state index in [0.29, 0.717) is 10.7 Å². The smallest absolute Gasteiger partial charge is 0.414 e. The molecule has 1 aromatic carbocycles. The number of alkyl carbamates (subject to hydrolysis) is 2. The normalized spacial score (nSPS) is 11.3. The Bertz CT molecular complexity index is 611. The van der Waals surface area contributed by atoms with Crippen LogP contribution in [-0.4, -0.2) is 29.3 Å². The Morgan fingerprint density at radius 1 is 0.880 bits per heavy atom. The second-order valence-corrected chi connectivity index (χ2v) is 7.63. The zero-order valence-corrected chi connectivity index (χ0v) is 16.0. The van der Waals surface area contributed by atoms with E-state index in [4.69, 9.17) is 21.1 Å². The van der Waals surface area contributed by atoms with E-state index >= 15 is 0 Å². The highest BCUT2D eigenvalue weighted by molar-refractivity contribution is 6.30. The van der Waals surface area contributed by atoms with E-state index in [9.17, 15) is 9.59 Å². The molecule has 0 aromatic heterocycles. The summed E-state index contributed by atoms with van der Waals surface area (Å²) in [6.07, 6.45) is -1.51. The van der Waals surface area contributed by atoms with Crippen LogP contribution >= 0.6 is 11.6 Å². The summed E-state index contributed by atoms with van der Waals surface area (Å²) >= 11 is 5.83. The maximum atomic E-state index is 12.0. The van der Waals surface area contributed by atoms with Crippen molar-refractivity contribution in [3.8, 4) is 0 Å². The maximum Gasteiger partial charge on any atom is 0.414 e. The van der Waals surface area contributed by atoms with Crippen LogP contribution in [-0.2, 0) is 9.47 Å². The van der Waals surface area contributed by atoms with E-state index in [-0.39, 0.29) is 5.96 Å². The lowest BCUT2D eigenvalue weighted by Crippen LogP contribution is -2.47. The molecule has 7 nitrogen and oxygen atoms in total. The van der Waals surface area contributed by atoms with Crippen LogP contribution in [0.15, 0.2) is 29.3 Å². The fourth-order valence-electron chi connectivity index (χ4n) is 1.53. The third-order valence-electron chi connectivity index (χ3n) is 2.31. The van der Waals surface area contributed by atoms with Gasteiger partial charge in [-0.3, -0.25) is 10.6 Å². The minimum absolute atomic E-state index is 0.120. The number of hydrogen-bond donors (Lipinski definition) is 2. The monoisotopic (exact) mass is 369 g/mol. The van der Waals surface area contributed by atoms with E-state index in [1.807, 2.05) is 0 Å². The van der Waals surface area contributed by atoms with Gasteiger partial charge in [0, 0.05) is 5.02 Å². The summed E-state index contributed by atoms with van der Waals surface area (Å²) in [5.74, 6) is -0.120. The van der Waals surface area contributed by atoms with Gasteiger partial charge in [-0.2, -0.15) is 0 Å². The standard InChI is InChI=1S/C17H24ClN3O4/c1-16(2,3)24-14(22)20-13(21-15(23)25-17(4,5)6)19-12-9-7-11(18)8-10-12/h7-10H,1-6H3,(H2,19,20,21,22,23). The maximum absolute atomic E-state index is 12.0. The van der Waals surface area contributed by atoms with Gasteiger partial charge in [-0.25, -0.2) is 14.6 Å². The summed E-state index contributed by atoms with van der Waals surface area (Å²) < 4.78 is 10.3. The van der Waals surface area contributed by atoms with Crippen LogP contribution in [0.25, 0.3) is 0 Å². The SMILES string of the molecule is CC(C)(C)OC(=O)NC(=Nc1ccc(Cl)cc1)NC(=O)OC(C)(C)C. The molecule has 1 aromatic rings. The number of hydrogen-bond acceptors (Lipinski definition) is 5. The first-order valence-corrected chi connectivity index (χ1v) is 8.06. The van der Waals surface area contributed by atoms with Crippen molar-refractivity contribution in [2.24, 2.45) is 4.99 Å². The highest BCUT2D eigenvalue weighted by Crippen LogP contribution is 2.16. The highest BCUT2D eigenvalue weighted by atomic mass is 35.5. The number of benzene rings is 1. The van der Waals surface area contributed by atoms with Crippen molar-refractivity contribution in [3.05, 3.63) is 29.3 Å². The molecule has 0 atom stereocenters. The van der Waals surface area contributed by atoms with Gasteiger partial charge in [0.15, 0.2) is 0 Å². The van der Waals surface area contributed by atoms with Crippen molar-refractivity contribution < 1.29 is 19.1 Å². The van der Waals surface area contributed by atoms with Crippen LogP contribution in [0, 0.1) is 0 Å². The lowest BCUT2D eigenvalue weighted by Gasteiger charge is -2.22. The predicted octanol–water partition coefficient (Wildman–Crippen LogP) is 4.38. The molecule has 0 aliphatic carbocycles. The van der Waals surface area contributed by atoms with Crippen molar-refractivity contribution >= 4 is 35.4 Å². The van der Waals surface area contributed by atoms with Gasteiger partial charge in [0.1, 0.15) is 11.2 Å². The molecule has 2 amide bonds. The zero-order chi connectivity index (χ0) is 19.3. The number of nitrogens with one attached hydrogen (secondary N) is 2. The van der Waals surface area contributed by atoms with Crippen molar-refractivity contribution in [2.75, 3.05) is 0 Å². The average molecular weight is 370 g/mol. The highest BCUT2D eigenvalue weighted by Gasteiger charge is 2.21. The van der Waals surface area contributed by atoms with Crippen LogP contribution in [0.2, 0.25) is 5.02 Å². The van der Waals surface area contributed by atoms with E-state index < -0.39 is 23.4 Å². The number of rotatable bonds is 1. The Morgan fingerprint density at radius 2 is 1.28 bits per heavy atom. The Kier molecular flexibility index (Phi) is 6.81. The number of halogens is 1. The number of nitrogens with zero attached hydrogens (tertiary/aromatic N) is 1. The van der Waals surface area contributed by atoms with Gasteiger partial charge in [0.2, 0.25) is 5.96 Å². The summed E-state index contributed by atoms with van der Waals surface area (Å²) in [6, 6.07) is 6.55. The van der Waals surface area contributed by atoms with Gasteiger partial charge in [-0.05, 0) is 65.8 Å². The largest absolute Gasteiger partial charge is 0.444 e. The lowest BCUT2D eigenvalue weighted by molar-refractivity contribution is 0.0545. The van der Waals surface area contributed by atoms with Gasteiger partial charge < -0.3 is 9.47 Å². The third-order valence-corrected chi connectivity index (χ3v) is 2.56. The molecule has 25 heavy (non-hydrogen) atoms. The van der Waals surface area contributed by atoms with Crippen LogP contribution in [0.3, 0.4) is 0 Å². The second kappa shape index (κ2) is 8.20. The van der Waals surface area contributed by atoms with Gasteiger partial charge in [0.05, 0.1) is 5.69 Å². The molecule has 0 unspecified atom stereocenters. The Hall–Kier alpha value is -2.28. The van der Waals surface area contributed by atoms with E-state index in [1.54, 1.807) is 65.8 Å². The minimum atomic E-state index is -0.753. The Labute approximate surface area is 152 Å². The first kappa shape index (κ1) is 20.8. The number of aliphatic imine (C=N–C) groups is 1. The van der Waals surface area contributed by atoms with Crippen LogP contribution in [0.1, 0.15) is 41.5 Å². The lowest BCUT2D eigenvalue weighted by atomic mass is 10.2. The first-order valence-electron chi connectivity index (χ1n) is 7.68. The number of guanidine groups is 1. The van der Waals surface area contributed by atoms with E-state index in [1.165, 1.54) is 0 Å². The fourth-order valence-corrected chi connectivity index (χ4v) is 1.66. The summed E-state index contributed by atoms with van der Waals surface area (Å²) in [4.78, 5) is 28.1. The zero-order valence-electron chi connectivity index (χ0n) is 15.3. The van der Waals surface area contributed by atoms with Crippen LogP contribution in [0.5, 0.6) is 0 Å². The van der Waals surface area contributed by atoms with Crippen molar-refractivity contribution in [1.82, 2.24) is 10.6 Å². The van der Waals surface area contributed by atoms with Crippen LogP contribution < -0.4 is 10.6 Å². The molecule has 0 aliphatic heterocycles. The number of carbonyl (C=O) groups excluding carboxylic acids is 2. The molecule has 2 N–H and O–H groups in total. The molecule has 0 saturated heterocycles. The molecular weight excluding hydrogens is 346 g/mol. The fraction of sp³-hybridized carbons (Fsp3) is 0.471. The van der Waals surface area contributed by atoms with Crippen molar-refractivity contribution in [3.63, 3.8) is 0 Å². The van der Waals surface area contributed by atoms with Crippen molar-refractivity contribution in [1.29, 1.82) is 0 Å². The van der Waals surface area contributed by atoms with Gasteiger partial charge in [0.25, 0.3) is 0 Å². The molecule has 0 aliphatic rings. The van der Waals surface area contributed by atoms with Gasteiger partial charge in [-0.1, -0.05) is 11.6 Å². The molecule has 0 heterocycles. The Balaban J connectivity index is 2.95. The van der Waals surface area contributed by atoms with Crippen molar-refractivity contribution in [2.45, 2.75) is 52.7 Å². The first-order chi connectivity index (χ1) is 11.3. The summed E-state index contributed by atoms with van der Waals surface area (Å²) in [5.41, 5.74) is -0.908. The van der Waals surface area contributed by atoms with E-state index in [2.05, 4.69) is 15.6 Å². The van der Waals surface area contributed by atoms with Crippen LogP contribution in [0.4, 0.5) is 15.3 Å². The molecule has 138 valence electrons. The quantitative estimate of drug-likeness (QED) is 0.568. The number of carbonyl (C=O) groups is 2. The molecule has 0 fully saturated rings. The molecule has 8 heteroatoms. The van der Waals surface area contributed by atoms with E-state index in [0.717, 1.165) is 0 Å². The summed E-state index contributed by atoms with van der Waals surface area (Å²) in [7, 11) is 0. The predicted molar refractivity (Wildman–Crippen MR) is 97.3 cm³/mol. The molecule has 0 saturated carbocycles. The van der Waals surface area contributed by atoms with Gasteiger partial charge >= 0.3 is 12.2 Å². The average Bonchev–Trinajstić information content (AvgIpc) is 2.36. The Morgan fingerprint density at radius 3 is 1.64 bits per heavy atom. The minimum Gasteiger partial charge on any atom is -0.444 e.